The minimum atomic E-state index is -1.42. The molecule has 0 spiro atoms. The Labute approximate surface area is 177 Å². The second kappa shape index (κ2) is 9.24. The van der Waals surface area contributed by atoms with E-state index in [9.17, 15) is 19.4 Å². The fraction of sp³-hybridized carbons (Fsp3) is 0.316. The summed E-state index contributed by atoms with van der Waals surface area (Å²) in [6.07, 6.45) is 0. The van der Waals surface area contributed by atoms with Crippen LogP contribution in [0.15, 0.2) is 24.3 Å². The van der Waals surface area contributed by atoms with Crippen LogP contribution in [0.1, 0.15) is 36.7 Å². The first-order valence-corrected chi connectivity index (χ1v) is 9.13. The number of nitrogens with one attached hydrogen (secondary N) is 3. The molecule has 0 aliphatic rings. The molecule has 30 heavy (non-hydrogen) atoms. The molecule has 0 fully saturated rings. The zero-order chi connectivity index (χ0) is 22.6. The van der Waals surface area contributed by atoms with Crippen LogP contribution in [0.5, 0.6) is 0 Å². The zero-order valence-electron chi connectivity index (χ0n) is 16.6. The number of benzene rings is 1. The van der Waals surface area contributed by atoms with Gasteiger partial charge in [-0.2, -0.15) is 0 Å². The number of carbonyl (C=O) groups is 1. The number of ether oxygens (including phenoxy) is 1. The Kier molecular flexibility index (Phi) is 7.19. The first-order valence-electron chi connectivity index (χ1n) is 8.76. The predicted octanol–water partition coefficient (Wildman–Crippen LogP) is 2.55. The summed E-state index contributed by atoms with van der Waals surface area (Å²) in [6.45, 7) is 2.41. The Hall–Kier alpha value is -2.95. The van der Waals surface area contributed by atoms with Crippen LogP contribution in [0.4, 0.5) is 20.7 Å². The Morgan fingerprint density at radius 3 is 2.63 bits per heavy atom. The van der Waals surface area contributed by atoms with E-state index in [1.807, 2.05) is 0 Å². The summed E-state index contributed by atoms with van der Waals surface area (Å²) >= 11 is 5.82. The number of urea groups is 1. The molecule has 1 atom stereocenters. The highest BCUT2D eigenvalue weighted by molar-refractivity contribution is 6.30. The molecule has 1 aromatic heterocycles. The number of nitrogens with two attached hydrogens (primary N) is 1. The van der Waals surface area contributed by atoms with E-state index in [4.69, 9.17) is 27.5 Å². The summed E-state index contributed by atoms with van der Waals surface area (Å²) in [5.74, 6) is -0.902. The monoisotopic (exact) mass is 439 g/mol. The van der Waals surface area contributed by atoms with Crippen molar-refractivity contribution in [2.75, 3.05) is 18.2 Å². The third-order valence-corrected chi connectivity index (χ3v) is 4.50. The van der Waals surface area contributed by atoms with E-state index in [-0.39, 0.29) is 33.7 Å². The summed E-state index contributed by atoms with van der Waals surface area (Å²) in [4.78, 5) is 16.6. The van der Waals surface area contributed by atoms with E-state index in [1.165, 1.54) is 39.2 Å². The van der Waals surface area contributed by atoms with E-state index < -0.39 is 30.1 Å². The Balaban J connectivity index is 2.28. The van der Waals surface area contributed by atoms with Crippen molar-refractivity contribution in [2.24, 2.45) is 0 Å². The molecule has 162 valence electrons. The van der Waals surface area contributed by atoms with Gasteiger partial charge in [0.15, 0.2) is 0 Å². The number of aromatic nitrogens is 1. The first kappa shape index (κ1) is 23.3. The van der Waals surface area contributed by atoms with Crippen molar-refractivity contribution in [3.8, 4) is 0 Å². The van der Waals surface area contributed by atoms with Gasteiger partial charge in [0.1, 0.15) is 11.6 Å². The van der Waals surface area contributed by atoms with Gasteiger partial charge in [0, 0.05) is 11.8 Å². The molecule has 0 aliphatic heterocycles. The van der Waals surface area contributed by atoms with Crippen LogP contribution in [0.25, 0.3) is 0 Å². The molecule has 0 saturated heterocycles. The number of hydrogen-bond donors (Lipinski definition) is 6. The van der Waals surface area contributed by atoms with Gasteiger partial charge in [0.25, 0.3) is 0 Å². The molecule has 7 N–H and O–H groups in total. The van der Waals surface area contributed by atoms with Crippen molar-refractivity contribution in [3.63, 3.8) is 0 Å². The molecule has 0 bridgehead atoms. The van der Waals surface area contributed by atoms with Crippen LogP contribution in [-0.2, 0) is 11.3 Å². The van der Waals surface area contributed by atoms with Crippen molar-refractivity contribution < 1.29 is 24.1 Å². The minimum absolute atomic E-state index is 0.00772. The number of halogens is 2. The number of carbonyl (C=O) groups excluding carboxylic acids is 1. The number of anilines is 2. The fourth-order valence-corrected chi connectivity index (χ4v) is 2.99. The molecule has 11 heteroatoms. The molecular weight excluding hydrogens is 417 g/mol. The Bertz CT molecular complexity index is 965. The minimum Gasteiger partial charge on any atom is -0.481 e. The molecule has 2 amide bonds. The molecule has 1 unspecified atom stereocenters. The van der Waals surface area contributed by atoms with Crippen LogP contribution in [0.2, 0.25) is 5.02 Å². The van der Waals surface area contributed by atoms with Crippen LogP contribution in [0, 0.1) is 11.2 Å². The summed E-state index contributed by atoms with van der Waals surface area (Å²) in [6, 6.07) is 3.46. The molecule has 1 aromatic carbocycles. The number of aliphatic hydroxyl groups is 2. The molecule has 0 saturated carbocycles. The topological polar surface area (TPSA) is 154 Å². The van der Waals surface area contributed by atoms with Gasteiger partial charge in [-0.05, 0) is 31.5 Å². The standard InChI is InChI=1S/C19H23ClFN5O4/c1-19(2,29)16(9-4-5-11(21)10(20)6-9)26-18(28)25-14-7-12(22)15(17(23)30-3)13(8-27)24-14/h4-7,16,23,27,29H,8H2,1-3H3,(H4,22,24,25,26,28). The number of amides is 2. The van der Waals surface area contributed by atoms with Gasteiger partial charge in [0.2, 0.25) is 5.90 Å². The number of pyridine rings is 1. The SMILES string of the molecule is COC(=N)c1c(N)cc(NC(=O)NC(c2ccc(F)c(Cl)c2)C(C)(C)O)nc1CO. The molecule has 2 rings (SSSR count). The first-order chi connectivity index (χ1) is 14.0. The van der Waals surface area contributed by atoms with E-state index in [2.05, 4.69) is 15.6 Å². The highest BCUT2D eigenvalue weighted by atomic mass is 35.5. The smallest absolute Gasteiger partial charge is 0.320 e. The quantitative estimate of drug-likeness (QED) is 0.300. The highest BCUT2D eigenvalue weighted by Gasteiger charge is 2.30. The van der Waals surface area contributed by atoms with E-state index >= 15 is 0 Å². The van der Waals surface area contributed by atoms with Gasteiger partial charge < -0.3 is 26.0 Å². The second-order valence-electron chi connectivity index (χ2n) is 6.97. The van der Waals surface area contributed by atoms with Crippen molar-refractivity contribution in [1.82, 2.24) is 10.3 Å². The number of hydrogen-bond acceptors (Lipinski definition) is 7. The third kappa shape index (κ3) is 5.35. The van der Waals surface area contributed by atoms with Crippen LogP contribution in [0.3, 0.4) is 0 Å². The average molecular weight is 440 g/mol. The summed E-state index contributed by atoms with van der Waals surface area (Å²) in [5.41, 5.74) is 5.10. The lowest BCUT2D eigenvalue weighted by Crippen LogP contribution is -2.44. The lowest BCUT2D eigenvalue weighted by atomic mass is 9.92. The van der Waals surface area contributed by atoms with Gasteiger partial charge in [-0.1, -0.05) is 17.7 Å². The second-order valence-corrected chi connectivity index (χ2v) is 7.38. The largest absolute Gasteiger partial charge is 0.481 e. The zero-order valence-corrected chi connectivity index (χ0v) is 17.3. The fourth-order valence-electron chi connectivity index (χ4n) is 2.81. The van der Waals surface area contributed by atoms with Gasteiger partial charge in [0.05, 0.1) is 41.6 Å². The highest BCUT2D eigenvalue weighted by Crippen LogP contribution is 2.29. The number of aliphatic hydroxyl groups excluding tert-OH is 1. The van der Waals surface area contributed by atoms with Crippen molar-refractivity contribution in [3.05, 3.63) is 51.9 Å². The van der Waals surface area contributed by atoms with E-state index in [0.29, 0.717) is 5.56 Å². The average Bonchev–Trinajstić information content (AvgIpc) is 2.66. The number of nitrogens with zero attached hydrogens (tertiary/aromatic N) is 1. The normalized spacial score (nSPS) is 12.2. The number of methoxy groups -OCH3 is 1. The maximum Gasteiger partial charge on any atom is 0.320 e. The van der Waals surface area contributed by atoms with Crippen LogP contribution >= 0.6 is 11.6 Å². The van der Waals surface area contributed by atoms with Crippen LogP contribution < -0.4 is 16.4 Å². The number of rotatable bonds is 6. The predicted molar refractivity (Wildman–Crippen MR) is 111 cm³/mol. The van der Waals surface area contributed by atoms with E-state index in [0.717, 1.165) is 6.07 Å². The summed E-state index contributed by atoms with van der Waals surface area (Å²) in [7, 11) is 1.28. The van der Waals surface area contributed by atoms with Gasteiger partial charge in [-0.25, -0.2) is 14.2 Å². The molecule has 2 aromatic rings. The van der Waals surface area contributed by atoms with E-state index in [1.54, 1.807) is 0 Å². The molecule has 9 nitrogen and oxygen atoms in total. The van der Waals surface area contributed by atoms with Crippen LogP contribution in [-0.4, -0.2) is 39.8 Å². The third-order valence-electron chi connectivity index (χ3n) is 4.21. The molecule has 0 radical (unpaired) electrons. The molecule has 1 heterocycles. The van der Waals surface area contributed by atoms with Crippen molar-refractivity contribution >= 4 is 35.0 Å². The van der Waals surface area contributed by atoms with Crippen molar-refractivity contribution in [1.29, 1.82) is 5.41 Å². The maximum atomic E-state index is 13.5. The molecule has 0 aliphatic carbocycles. The maximum absolute atomic E-state index is 13.5. The summed E-state index contributed by atoms with van der Waals surface area (Å²) < 4.78 is 18.3. The van der Waals surface area contributed by atoms with Gasteiger partial charge in [-0.15, -0.1) is 0 Å². The Morgan fingerprint density at radius 1 is 1.43 bits per heavy atom. The van der Waals surface area contributed by atoms with Crippen molar-refractivity contribution in [2.45, 2.75) is 32.1 Å². The Morgan fingerprint density at radius 2 is 2.10 bits per heavy atom. The van der Waals surface area contributed by atoms with Gasteiger partial charge >= 0.3 is 6.03 Å². The summed E-state index contributed by atoms with van der Waals surface area (Å²) in [5, 5.41) is 32.6. The lowest BCUT2D eigenvalue weighted by Gasteiger charge is -2.30. The lowest BCUT2D eigenvalue weighted by molar-refractivity contribution is 0.0415. The molecular formula is C19H23ClFN5O4. The number of nitrogen functional groups attached to an aromatic ring is 1. The van der Waals surface area contributed by atoms with Gasteiger partial charge in [-0.3, -0.25) is 10.7 Å².